The summed E-state index contributed by atoms with van der Waals surface area (Å²) in [7, 11) is 1.30. The SMILES string of the molecule is COC(=O)c1c(-c2ccc(Cl)cc2)csc1NC(=O)c1ccc2c(c1)CCCC(=O)N2. The Morgan fingerprint density at radius 1 is 1.13 bits per heavy atom. The van der Waals surface area contributed by atoms with Crippen LogP contribution in [0.3, 0.4) is 0 Å². The monoisotopic (exact) mass is 454 g/mol. The van der Waals surface area contributed by atoms with Crippen molar-refractivity contribution in [2.75, 3.05) is 17.7 Å². The molecule has 31 heavy (non-hydrogen) atoms. The number of aryl methyl sites for hydroxylation is 1. The van der Waals surface area contributed by atoms with Crippen LogP contribution < -0.4 is 10.6 Å². The van der Waals surface area contributed by atoms with Crippen LogP contribution >= 0.6 is 22.9 Å². The highest BCUT2D eigenvalue weighted by atomic mass is 35.5. The van der Waals surface area contributed by atoms with Crippen LogP contribution in [0.15, 0.2) is 47.8 Å². The van der Waals surface area contributed by atoms with Crippen molar-refractivity contribution in [2.45, 2.75) is 19.3 Å². The molecule has 0 bridgehead atoms. The number of nitrogens with one attached hydrogen (secondary N) is 2. The highest BCUT2D eigenvalue weighted by Gasteiger charge is 2.23. The molecule has 1 aliphatic rings. The number of hydrogen-bond acceptors (Lipinski definition) is 5. The number of methoxy groups -OCH3 is 1. The molecule has 3 aromatic rings. The number of carbonyl (C=O) groups excluding carboxylic acids is 3. The van der Waals surface area contributed by atoms with Gasteiger partial charge in [-0.05, 0) is 54.3 Å². The molecule has 8 heteroatoms. The summed E-state index contributed by atoms with van der Waals surface area (Å²) in [5, 5.41) is 8.50. The van der Waals surface area contributed by atoms with E-state index in [0.29, 0.717) is 39.6 Å². The number of esters is 1. The molecule has 2 heterocycles. The molecule has 0 saturated carbocycles. The number of hydrogen-bond donors (Lipinski definition) is 2. The lowest BCUT2D eigenvalue weighted by atomic mass is 10.0. The van der Waals surface area contributed by atoms with Crippen molar-refractivity contribution < 1.29 is 19.1 Å². The molecule has 1 aliphatic heterocycles. The molecule has 0 unspecified atom stereocenters. The van der Waals surface area contributed by atoms with Crippen molar-refractivity contribution in [1.82, 2.24) is 0 Å². The van der Waals surface area contributed by atoms with E-state index in [0.717, 1.165) is 23.2 Å². The van der Waals surface area contributed by atoms with Gasteiger partial charge in [0, 0.05) is 33.6 Å². The Kier molecular flexibility index (Phi) is 6.06. The smallest absolute Gasteiger partial charge is 0.341 e. The van der Waals surface area contributed by atoms with Gasteiger partial charge >= 0.3 is 5.97 Å². The minimum atomic E-state index is -0.536. The van der Waals surface area contributed by atoms with Crippen molar-refractivity contribution in [1.29, 1.82) is 0 Å². The Hall–Kier alpha value is -3.16. The second kappa shape index (κ2) is 8.91. The fourth-order valence-corrected chi connectivity index (χ4v) is 4.57. The molecule has 2 aromatic carbocycles. The van der Waals surface area contributed by atoms with Crippen LogP contribution in [0, 0.1) is 0 Å². The minimum Gasteiger partial charge on any atom is -0.465 e. The van der Waals surface area contributed by atoms with Gasteiger partial charge in [-0.2, -0.15) is 0 Å². The molecule has 2 N–H and O–H groups in total. The Morgan fingerprint density at radius 3 is 2.65 bits per heavy atom. The van der Waals surface area contributed by atoms with E-state index in [2.05, 4.69) is 10.6 Å². The molecule has 0 saturated heterocycles. The quantitative estimate of drug-likeness (QED) is 0.518. The van der Waals surface area contributed by atoms with Gasteiger partial charge in [0.25, 0.3) is 5.91 Å². The van der Waals surface area contributed by atoms with Gasteiger partial charge in [-0.15, -0.1) is 11.3 Å². The summed E-state index contributed by atoms with van der Waals surface area (Å²) in [5.74, 6) is -0.897. The van der Waals surface area contributed by atoms with Gasteiger partial charge in [-0.3, -0.25) is 9.59 Å². The van der Waals surface area contributed by atoms with Crippen LogP contribution in [0.25, 0.3) is 11.1 Å². The Bertz CT molecular complexity index is 1170. The number of anilines is 2. The van der Waals surface area contributed by atoms with Crippen LogP contribution in [0.2, 0.25) is 5.02 Å². The predicted octanol–water partition coefficient (Wildman–Crippen LogP) is 5.38. The van der Waals surface area contributed by atoms with Crippen LogP contribution in [-0.2, 0) is 16.0 Å². The van der Waals surface area contributed by atoms with E-state index >= 15 is 0 Å². The summed E-state index contributed by atoms with van der Waals surface area (Å²) in [6.45, 7) is 0. The van der Waals surface area contributed by atoms with Crippen molar-refractivity contribution in [3.05, 3.63) is 69.6 Å². The van der Waals surface area contributed by atoms with E-state index in [9.17, 15) is 14.4 Å². The summed E-state index contributed by atoms with van der Waals surface area (Å²) in [5.41, 5.74) is 3.85. The third kappa shape index (κ3) is 4.47. The van der Waals surface area contributed by atoms with Crippen molar-refractivity contribution in [3.8, 4) is 11.1 Å². The number of benzene rings is 2. The van der Waals surface area contributed by atoms with E-state index in [4.69, 9.17) is 16.3 Å². The van der Waals surface area contributed by atoms with E-state index < -0.39 is 5.97 Å². The molecule has 4 rings (SSSR count). The number of rotatable bonds is 4. The zero-order chi connectivity index (χ0) is 22.0. The number of amides is 2. The number of fused-ring (bicyclic) bond motifs is 1. The molecule has 0 aliphatic carbocycles. The minimum absolute atomic E-state index is 0.0213. The van der Waals surface area contributed by atoms with Crippen LogP contribution in [0.4, 0.5) is 10.7 Å². The lowest BCUT2D eigenvalue weighted by molar-refractivity contribution is -0.116. The fraction of sp³-hybridized carbons (Fsp3) is 0.174. The molecule has 0 fully saturated rings. The van der Waals surface area contributed by atoms with Gasteiger partial charge < -0.3 is 15.4 Å². The molecule has 2 amide bonds. The van der Waals surface area contributed by atoms with Crippen molar-refractivity contribution in [3.63, 3.8) is 0 Å². The zero-order valence-corrected chi connectivity index (χ0v) is 18.2. The lowest BCUT2D eigenvalue weighted by Crippen LogP contribution is -2.15. The molecule has 0 spiro atoms. The zero-order valence-electron chi connectivity index (χ0n) is 16.7. The first-order valence-corrected chi connectivity index (χ1v) is 10.9. The summed E-state index contributed by atoms with van der Waals surface area (Å²) < 4.78 is 4.96. The highest BCUT2D eigenvalue weighted by molar-refractivity contribution is 7.15. The lowest BCUT2D eigenvalue weighted by Gasteiger charge is -2.11. The largest absolute Gasteiger partial charge is 0.465 e. The third-order valence-electron chi connectivity index (χ3n) is 5.05. The fourth-order valence-electron chi connectivity index (χ4n) is 3.49. The molecule has 0 atom stereocenters. The molecule has 158 valence electrons. The number of thiophene rings is 1. The Labute approximate surface area is 188 Å². The predicted molar refractivity (Wildman–Crippen MR) is 122 cm³/mol. The van der Waals surface area contributed by atoms with Gasteiger partial charge in [0.05, 0.1) is 7.11 Å². The average molecular weight is 455 g/mol. The van der Waals surface area contributed by atoms with E-state index in [1.807, 2.05) is 12.1 Å². The maximum absolute atomic E-state index is 12.9. The number of carbonyl (C=O) groups is 3. The highest BCUT2D eigenvalue weighted by Crippen LogP contribution is 2.37. The number of halogens is 1. The van der Waals surface area contributed by atoms with Crippen LogP contribution in [0.1, 0.15) is 39.1 Å². The summed E-state index contributed by atoms with van der Waals surface area (Å²) >= 11 is 7.22. The molecular formula is C23H19ClN2O4S. The summed E-state index contributed by atoms with van der Waals surface area (Å²) in [6, 6.07) is 12.3. The Morgan fingerprint density at radius 2 is 1.90 bits per heavy atom. The third-order valence-corrected chi connectivity index (χ3v) is 6.20. The maximum atomic E-state index is 12.9. The Balaban J connectivity index is 1.64. The summed E-state index contributed by atoms with van der Waals surface area (Å²) in [6.07, 6.45) is 1.90. The van der Waals surface area contributed by atoms with Gasteiger partial charge in [0.2, 0.25) is 5.91 Å². The molecule has 0 radical (unpaired) electrons. The topological polar surface area (TPSA) is 84.5 Å². The first-order valence-electron chi connectivity index (χ1n) is 9.66. The van der Waals surface area contributed by atoms with E-state index in [1.165, 1.54) is 18.4 Å². The maximum Gasteiger partial charge on any atom is 0.341 e. The average Bonchev–Trinajstić information content (AvgIpc) is 3.08. The first kappa shape index (κ1) is 21.1. The van der Waals surface area contributed by atoms with Crippen molar-refractivity contribution >= 4 is 51.4 Å². The normalized spacial score (nSPS) is 13.0. The summed E-state index contributed by atoms with van der Waals surface area (Å²) in [4.78, 5) is 37.2. The van der Waals surface area contributed by atoms with E-state index in [-0.39, 0.29) is 11.8 Å². The second-order valence-corrected chi connectivity index (χ2v) is 8.40. The van der Waals surface area contributed by atoms with Gasteiger partial charge in [0.1, 0.15) is 10.6 Å². The van der Waals surface area contributed by atoms with Crippen LogP contribution in [-0.4, -0.2) is 24.9 Å². The number of ether oxygens (including phenoxy) is 1. The first-order chi connectivity index (χ1) is 15.0. The molecule has 6 nitrogen and oxygen atoms in total. The van der Waals surface area contributed by atoms with Gasteiger partial charge in [0.15, 0.2) is 0 Å². The second-order valence-electron chi connectivity index (χ2n) is 7.08. The van der Waals surface area contributed by atoms with Gasteiger partial charge in [-0.1, -0.05) is 23.7 Å². The van der Waals surface area contributed by atoms with Crippen molar-refractivity contribution in [2.24, 2.45) is 0 Å². The van der Waals surface area contributed by atoms with Crippen LogP contribution in [0.5, 0.6) is 0 Å². The molecule has 1 aromatic heterocycles. The van der Waals surface area contributed by atoms with Gasteiger partial charge in [-0.25, -0.2) is 4.79 Å². The standard InChI is InChI=1S/C23H19ClN2O4S/c1-30-23(29)20-17(13-5-8-16(24)9-6-13)12-31-22(20)26-21(28)15-7-10-18-14(11-15)3-2-4-19(27)25-18/h5-12H,2-4H2,1H3,(H,25,27)(H,26,28). The molecular weight excluding hydrogens is 436 g/mol. The van der Waals surface area contributed by atoms with E-state index in [1.54, 1.807) is 35.7 Å².